The van der Waals surface area contributed by atoms with Gasteiger partial charge in [0.05, 0.1) is 18.4 Å². The quantitative estimate of drug-likeness (QED) is 0.434. The number of hydrogen-bond acceptors (Lipinski definition) is 5. The van der Waals surface area contributed by atoms with Crippen LogP contribution in [0.2, 0.25) is 0 Å². The van der Waals surface area contributed by atoms with Crippen LogP contribution in [0.3, 0.4) is 0 Å². The lowest BCUT2D eigenvalue weighted by Gasteiger charge is -2.25. The highest BCUT2D eigenvalue weighted by atomic mass is 32.2. The first kappa shape index (κ1) is 21.5. The third-order valence-corrected chi connectivity index (χ3v) is 6.53. The molecular formula is C18H25NO4S2. The number of rotatable bonds is 11. The van der Waals surface area contributed by atoms with Crippen LogP contribution in [0, 0.1) is 6.92 Å². The van der Waals surface area contributed by atoms with E-state index in [1.807, 2.05) is 6.92 Å². The fourth-order valence-electron chi connectivity index (χ4n) is 2.15. The molecule has 0 radical (unpaired) electrons. The molecule has 0 aliphatic rings. The number of esters is 1. The van der Waals surface area contributed by atoms with Gasteiger partial charge in [-0.05, 0) is 19.1 Å². The summed E-state index contributed by atoms with van der Waals surface area (Å²) in [5, 5.41) is -0.231. The molecule has 1 atom stereocenters. The van der Waals surface area contributed by atoms with E-state index < -0.39 is 10.0 Å². The molecule has 138 valence electrons. The van der Waals surface area contributed by atoms with Crippen LogP contribution in [-0.2, 0) is 19.6 Å². The average molecular weight is 384 g/mol. The van der Waals surface area contributed by atoms with Crippen LogP contribution in [0.25, 0.3) is 0 Å². The number of aryl methyl sites for hydroxylation is 1. The van der Waals surface area contributed by atoms with Crippen molar-refractivity contribution in [2.75, 3.05) is 26.0 Å². The first-order chi connectivity index (χ1) is 11.8. The van der Waals surface area contributed by atoms with Gasteiger partial charge in [0.25, 0.3) is 0 Å². The Balaban J connectivity index is 3.05. The zero-order valence-electron chi connectivity index (χ0n) is 14.7. The summed E-state index contributed by atoms with van der Waals surface area (Å²) in [5.41, 5.74) is 0.985. The summed E-state index contributed by atoms with van der Waals surface area (Å²) >= 11 is 1.47. The van der Waals surface area contributed by atoms with Crippen LogP contribution in [-0.4, -0.2) is 49.9 Å². The summed E-state index contributed by atoms with van der Waals surface area (Å²) in [4.78, 5) is 11.9. The van der Waals surface area contributed by atoms with Crippen molar-refractivity contribution < 1.29 is 17.9 Å². The Bertz CT molecular complexity index is 684. The van der Waals surface area contributed by atoms with Crippen LogP contribution >= 0.6 is 11.8 Å². The van der Waals surface area contributed by atoms with E-state index in [4.69, 9.17) is 4.74 Å². The smallest absolute Gasteiger partial charge is 0.306 e. The monoisotopic (exact) mass is 383 g/mol. The second-order valence-corrected chi connectivity index (χ2v) is 8.72. The minimum absolute atomic E-state index is 0.131. The number of carbonyl (C=O) groups is 1. The molecule has 1 aromatic carbocycles. The van der Waals surface area contributed by atoms with Crippen molar-refractivity contribution >= 4 is 27.8 Å². The third kappa shape index (κ3) is 6.68. The summed E-state index contributed by atoms with van der Waals surface area (Å²) in [5.74, 6) is 0.251. The van der Waals surface area contributed by atoms with Gasteiger partial charge in [0.1, 0.15) is 0 Å². The van der Waals surface area contributed by atoms with E-state index in [2.05, 4.69) is 13.2 Å². The lowest BCUT2D eigenvalue weighted by atomic mass is 10.2. The molecule has 7 heteroatoms. The standard InChI is InChI=1S/C18H25NO4S2/c1-5-11-19(14-16(24-12-6-2)13-18(20)23-4)25(21,22)17-9-7-15(3)8-10-17/h5-10,16H,1-2,11-14H2,3-4H3. The number of sulfonamides is 1. The van der Waals surface area contributed by atoms with E-state index in [-0.39, 0.29) is 35.6 Å². The normalized spacial score (nSPS) is 12.6. The minimum Gasteiger partial charge on any atom is -0.469 e. The summed E-state index contributed by atoms with van der Waals surface area (Å²) < 4.78 is 31.9. The summed E-state index contributed by atoms with van der Waals surface area (Å²) in [6.45, 7) is 9.57. The molecule has 0 heterocycles. The SMILES string of the molecule is C=CCSC(CC(=O)OC)CN(CC=C)S(=O)(=O)c1ccc(C)cc1. The molecule has 0 fully saturated rings. The van der Waals surface area contributed by atoms with E-state index in [1.165, 1.54) is 23.2 Å². The molecule has 1 rings (SSSR count). The van der Waals surface area contributed by atoms with Crippen LogP contribution < -0.4 is 0 Å². The number of methoxy groups -OCH3 is 1. The molecular weight excluding hydrogens is 358 g/mol. The lowest BCUT2D eigenvalue weighted by molar-refractivity contribution is -0.140. The van der Waals surface area contributed by atoms with Crippen LogP contribution in [0.15, 0.2) is 54.5 Å². The Kier molecular flexibility index (Phi) is 8.96. The Morgan fingerprint density at radius 1 is 1.28 bits per heavy atom. The van der Waals surface area contributed by atoms with Crippen molar-refractivity contribution in [2.45, 2.75) is 23.5 Å². The second-order valence-electron chi connectivity index (χ2n) is 5.45. The van der Waals surface area contributed by atoms with Crippen molar-refractivity contribution in [1.82, 2.24) is 4.31 Å². The van der Waals surface area contributed by atoms with Crippen molar-refractivity contribution in [3.05, 3.63) is 55.1 Å². The predicted octanol–water partition coefficient (Wildman–Crippen LogP) is 3.02. The Morgan fingerprint density at radius 2 is 1.92 bits per heavy atom. The van der Waals surface area contributed by atoms with Crippen LogP contribution in [0.4, 0.5) is 0 Å². The van der Waals surface area contributed by atoms with E-state index in [0.29, 0.717) is 5.75 Å². The molecule has 0 amide bonds. The summed E-state index contributed by atoms with van der Waals surface area (Å²) in [7, 11) is -2.35. The number of benzene rings is 1. The highest BCUT2D eigenvalue weighted by molar-refractivity contribution is 8.00. The van der Waals surface area contributed by atoms with Gasteiger partial charge < -0.3 is 4.74 Å². The fraction of sp³-hybridized carbons (Fsp3) is 0.389. The van der Waals surface area contributed by atoms with E-state index in [9.17, 15) is 13.2 Å². The average Bonchev–Trinajstić information content (AvgIpc) is 2.59. The largest absolute Gasteiger partial charge is 0.469 e. The number of nitrogens with zero attached hydrogens (tertiary/aromatic N) is 1. The topological polar surface area (TPSA) is 63.7 Å². The maximum atomic E-state index is 12.9. The Labute approximate surface area is 154 Å². The molecule has 1 aromatic rings. The van der Waals surface area contributed by atoms with Gasteiger partial charge in [-0.15, -0.1) is 13.2 Å². The molecule has 0 saturated heterocycles. The van der Waals surface area contributed by atoms with Crippen molar-refractivity contribution in [1.29, 1.82) is 0 Å². The maximum Gasteiger partial charge on any atom is 0.306 e. The van der Waals surface area contributed by atoms with E-state index >= 15 is 0 Å². The molecule has 0 bridgehead atoms. The highest BCUT2D eigenvalue weighted by Crippen LogP contribution is 2.22. The maximum absolute atomic E-state index is 12.9. The molecule has 25 heavy (non-hydrogen) atoms. The third-order valence-electron chi connectivity index (χ3n) is 3.47. The molecule has 0 aliphatic carbocycles. The number of thioether (sulfide) groups is 1. The Hall–Kier alpha value is -1.57. The first-order valence-corrected chi connectivity index (χ1v) is 10.3. The number of hydrogen-bond donors (Lipinski definition) is 0. The molecule has 0 spiro atoms. The number of ether oxygens (including phenoxy) is 1. The predicted molar refractivity (Wildman–Crippen MR) is 103 cm³/mol. The second kappa shape index (κ2) is 10.4. The van der Waals surface area contributed by atoms with Gasteiger partial charge in [-0.25, -0.2) is 8.42 Å². The minimum atomic E-state index is -3.67. The first-order valence-electron chi connectivity index (χ1n) is 7.82. The van der Waals surface area contributed by atoms with Gasteiger partial charge in [-0.2, -0.15) is 16.1 Å². The molecule has 0 aliphatic heterocycles. The zero-order chi connectivity index (χ0) is 18.9. The fourth-order valence-corrected chi connectivity index (χ4v) is 4.65. The molecule has 5 nitrogen and oxygen atoms in total. The molecule has 1 unspecified atom stereocenters. The number of carbonyl (C=O) groups excluding carboxylic acids is 1. The van der Waals surface area contributed by atoms with Crippen LogP contribution in [0.5, 0.6) is 0 Å². The van der Waals surface area contributed by atoms with Gasteiger partial charge in [0.2, 0.25) is 10.0 Å². The van der Waals surface area contributed by atoms with Gasteiger partial charge >= 0.3 is 5.97 Å². The van der Waals surface area contributed by atoms with Crippen molar-refractivity contribution in [3.63, 3.8) is 0 Å². The molecule has 0 N–H and O–H groups in total. The van der Waals surface area contributed by atoms with Crippen LogP contribution in [0.1, 0.15) is 12.0 Å². The van der Waals surface area contributed by atoms with E-state index in [1.54, 1.807) is 36.4 Å². The Morgan fingerprint density at radius 3 is 2.44 bits per heavy atom. The highest BCUT2D eigenvalue weighted by Gasteiger charge is 2.27. The lowest BCUT2D eigenvalue weighted by Crippen LogP contribution is -2.37. The van der Waals surface area contributed by atoms with Crippen molar-refractivity contribution in [2.24, 2.45) is 0 Å². The zero-order valence-corrected chi connectivity index (χ0v) is 16.3. The van der Waals surface area contributed by atoms with Gasteiger partial charge in [-0.3, -0.25) is 4.79 Å². The van der Waals surface area contributed by atoms with Gasteiger partial charge in [0, 0.05) is 24.1 Å². The molecule has 0 aromatic heterocycles. The summed E-state index contributed by atoms with van der Waals surface area (Å²) in [6.07, 6.45) is 3.40. The van der Waals surface area contributed by atoms with Crippen molar-refractivity contribution in [3.8, 4) is 0 Å². The van der Waals surface area contributed by atoms with E-state index in [0.717, 1.165) is 5.56 Å². The summed E-state index contributed by atoms with van der Waals surface area (Å²) in [6, 6.07) is 6.70. The van der Waals surface area contributed by atoms with Gasteiger partial charge in [-0.1, -0.05) is 29.8 Å². The molecule has 0 saturated carbocycles. The van der Waals surface area contributed by atoms with Gasteiger partial charge in [0.15, 0.2) is 0 Å².